The van der Waals surface area contributed by atoms with Crippen molar-refractivity contribution in [2.75, 3.05) is 11.9 Å². The molecular formula is C18H16F3N3O2S. The lowest BCUT2D eigenvalue weighted by Crippen LogP contribution is -2.31. The highest BCUT2D eigenvalue weighted by molar-refractivity contribution is 8.01. The van der Waals surface area contributed by atoms with E-state index in [4.69, 9.17) is 5.73 Å². The number of thioether (sulfide) groups is 1. The lowest BCUT2D eigenvalue weighted by atomic mass is 10.1. The van der Waals surface area contributed by atoms with E-state index in [-0.39, 0.29) is 16.7 Å². The number of nitrogens with two attached hydrogens (primary N) is 1. The van der Waals surface area contributed by atoms with Gasteiger partial charge in [-0.2, -0.15) is 0 Å². The van der Waals surface area contributed by atoms with Crippen LogP contribution in [-0.4, -0.2) is 23.6 Å². The summed E-state index contributed by atoms with van der Waals surface area (Å²) in [5.74, 6) is -3.95. The predicted octanol–water partition coefficient (Wildman–Crippen LogP) is 2.80. The molecule has 0 saturated carbocycles. The first kappa shape index (κ1) is 19.2. The van der Waals surface area contributed by atoms with Gasteiger partial charge in [0.05, 0.1) is 10.9 Å². The van der Waals surface area contributed by atoms with Crippen molar-refractivity contribution in [3.05, 3.63) is 58.9 Å². The Labute approximate surface area is 157 Å². The molecule has 3 rings (SSSR count). The van der Waals surface area contributed by atoms with Gasteiger partial charge in [-0.15, -0.1) is 11.8 Å². The molecule has 0 fully saturated rings. The summed E-state index contributed by atoms with van der Waals surface area (Å²) >= 11 is 1.37. The molecule has 0 bridgehead atoms. The van der Waals surface area contributed by atoms with Gasteiger partial charge >= 0.3 is 0 Å². The van der Waals surface area contributed by atoms with E-state index in [0.717, 1.165) is 4.90 Å². The van der Waals surface area contributed by atoms with E-state index in [1.54, 1.807) is 12.1 Å². The maximum atomic E-state index is 13.6. The lowest BCUT2D eigenvalue weighted by Gasteiger charge is -2.24. The zero-order valence-electron chi connectivity index (χ0n) is 14.0. The highest BCUT2D eigenvalue weighted by Gasteiger charge is 2.27. The Kier molecular flexibility index (Phi) is 5.71. The molecule has 1 aliphatic rings. The molecular weight excluding hydrogens is 379 g/mol. The average molecular weight is 395 g/mol. The molecule has 2 amide bonds. The van der Waals surface area contributed by atoms with Crippen molar-refractivity contribution in [2.24, 2.45) is 5.73 Å². The minimum Gasteiger partial charge on any atom is -0.348 e. The second-order valence-electron chi connectivity index (χ2n) is 5.91. The topological polar surface area (TPSA) is 84.2 Å². The van der Waals surface area contributed by atoms with Gasteiger partial charge in [0.25, 0.3) is 5.91 Å². The van der Waals surface area contributed by atoms with Crippen molar-refractivity contribution in [3.63, 3.8) is 0 Å². The van der Waals surface area contributed by atoms with Crippen molar-refractivity contribution in [3.8, 4) is 0 Å². The van der Waals surface area contributed by atoms with Crippen molar-refractivity contribution in [1.29, 1.82) is 0 Å². The number of hydrogen-bond donors (Lipinski definition) is 3. The Morgan fingerprint density at radius 2 is 1.89 bits per heavy atom. The third-order valence-electron chi connectivity index (χ3n) is 4.02. The summed E-state index contributed by atoms with van der Waals surface area (Å²) in [6, 6.07) is 5.83. The van der Waals surface area contributed by atoms with Crippen LogP contribution in [0.1, 0.15) is 22.3 Å². The van der Waals surface area contributed by atoms with Gasteiger partial charge in [0.2, 0.25) is 5.91 Å². The Hall–Kier alpha value is -2.52. The zero-order chi connectivity index (χ0) is 19.6. The maximum Gasteiger partial charge on any atom is 0.251 e. The van der Waals surface area contributed by atoms with Gasteiger partial charge in [-0.05, 0) is 31.2 Å². The fourth-order valence-corrected chi connectivity index (χ4v) is 3.75. The number of hydrogen-bond acceptors (Lipinski definition) is 4. The van der Waals surface area contributed by atoms with Crippen molar-refractivity contribution < 1.29 is 22.8 Å². The summed E-state index contributed by atoms with van der Waals surface area (Å²) < 4.78 is 40.2. The molecule has 27 heavy (non-hydrogen) atoms. The molecule has 0 radical (unpaired) electrons. The highest BCUT2D eigenvalue weighted by Crippen LogP contribution is 2.37. The van der Waals surface area contributed by atoms with Crippen LogP contribution in [-0.2, 0) is 11.3 Å². The van der Waals surface area contributed by atoms with Gasteiger partial charge < -0.3 is 16.4 Å². The fraction of sp³-hybridized carbons (Fsp3) is 0.222. The number of fused-ring (bicyclic) bond motifs is 1. The molecule has 4 N–H and O–H groups in total. The van der Waals surface area contributed by atoms with Crippen molar-refractivity contribution in [2.45, 2.75) is 23.1 Å². The van der Waals surface area contributed by atoms with Crippen LogP contribution in [0.5, 0.6) is 0 Å². The number of nitrogens with one attached hydrogen (secondary N) is 2. The third-order valence-corrected chi connectivity index (χ3v) is 5.37. The number of carbonyl (C=O) groups is 2. The Morgan fingerprint density at radius 1 is 1.19 bits per heavy atom. The van der Waals surface area contributed by atoms with E-state index < -0.39 is 35.5 Å². The molecule has 0 aliphatic carbocycles. The molecule has 1 aliphatic heterocycles. The molecule has 5 nitrogen and oxygen atoms in total. The monoisotopic (exact) mass is 395 g/mol. The SMILES string of the molecule is NCCC1Sc2ccc(C(=O)NCc3c(F)cc(F)cc3F)cc2NC1=O. The van der Waals surface area contributed by atoms with Gasteiger partial charge in [-0.3, -0.25) is 9.59 Å². The van der Waals surface area contributed by atoms with E-state index in [9.17, 15) is 22.8 Å². The number of benzene rings is 2. The first-order valence-corrected chi connectivity index (χ1v) is 9.00. The summed E-state index contributed by atoms with van der Waals surface area (Å²) in [6.07, 6.45) is 0.535. The molecule has 1 unspecified atom stereocenters. The molecule has 9 heteroatoms. The Balaban J connectivity index is 1.72. The highest BCUT2D eigenvalue weighted by atomic mass is 32.2. The molecule has 2 aromatic rings. The van der Waals surface area contributed by atoms with Crippen LogP contribution in [0.2, 0.25) is 0 Å². The van der Waals surface area contributed by atoms with Crippen LogP contribution in [0.15, 0.2) is 35.2 Å². The molecule has 0 saturated heterocycles. The molecule has 2 aromatic carbocycles. The molecule has 142 valence electrons. The molecule has 1 heterocycles. The first-order chi connectivity index (χ1) is 12.9. The van der Waals surface area contributed by atoms with E-state index >= 15 is 0 Å². The first-order valence-electron chi connectivity index (χ1n) is 8.12. The fourth-order valence-electron chi connectivity index (χ4n) is 2.64. The predicted molar refractivity (Wildman–Crippen MR) is 95.9 cm³/mol. The number of carbonyl (C=O) groups excluding carboxylic acids is 2. The zero-order valence-corrected chi connectivity index (χ0v) is 14.8. The Bertz CT molecular complexity index is 884. The normalized spacial score (nSPS) is 15.9. The van der Waals surface area contributed by atoms with E-state index in [0.29, 0.717) is 30.8 Å². The standard InChI is InChI=1S/C18H16F3N3O2S/c19-10-6-12(20)11(13(21)7-10)8-23-17(25)9-1-2-15-14(5-9)24-18(26)16(27-15)3-4-22/h1-2,5-7,16H,3-4,8,22H2,(H,23,25)(H,24,26). The summed E-state index contributed by atoms with van der Waals surface area (Å²) in [5, 5.41) is 4.83. The van der Waals surface area contributed by atoms with Crippen LogP contribution in [0.4, 0.5) is 18.9 Å². The molecule has 1 atom stereocenters. The summed E-state index contributed by atoms with van der Waals surface area (Å²) in [6.45, 7) is -0.0506. The second-order valence-corrected chi connectivity index (χ2v) is 7.16. The molecule has 0 aromatic heterocycles. The van der Waals surface area contributed by atoms with E-state index in [2.05, 4.69) is 10.6 Å². The minimum absolute atomic E-state index is 0.189. The maximum absolute atomic E-state index is 13.6. The van der Waals surface area contributed by atoms with Gasteiger partial charge in [0.15, 0.2) is 0 Å². The lowest BCUT2D eigenvalue weighted by molar-refractivity contribution is -0.115. The quantitative estimate of drug-likeness (QED) is 0.727. The van der Waals surface area contributed by atoms with Crippen LogP contribution in [0, 0.1) is 17.5 Å². The van der Waals surface area contributed by atoms with Crippen LogP contribution in [0.3, 0.4) is 0 Å². The van der Waals surface area contributed by atoms with Gasteiger partial charge in [-0.1, -0.05) is 0 Å². The van der Waals surface area contributed by atoms with Crippen LogP contribution in [0.25, 0.3) is 0 Å². The molecule has 0 spiro atoms. The van der Waals surface area contributed by atoms with Gasteiger partial charge in [0, 0.05) is 34.7 Å². The Morgan fingerprint density at radius 3 is 2.56 bits per heavy atom. The van der Waals surface area contributed by atoms with E-state index in [1.165, 1.54) is 17.8 Å². The smallest absolute Gasteiger partial charge is 0.251 e. The average Bonchev–Trinajstić information content (AvgIpc) is 2.61. The summed E-state index contributed by atoms with van der Waals surface area (Å²) in [5.41, 5.74) is 5.77. The summed E-state index contributed by atoms with van der Waals surface area (Å²) in [4.78, 5) is 25.1. The largest absolute Gasteiger partial charge is 0.348 e. The minimum atomic E-state index is -1.08. The third kappa shape index (κ3) is 4.25. The van der Waals surface area contributed by atoms with Crippen molar-refractivity contribution in [1.82, 2.24) is 5.32 Å². The van der Waals surface area contributed by atoms with Gasteiger partial charge in [-0.25, -0.2) is 13.2 Å². The van der Waals surface area contributed by atoms with Crippen molar-refractivity contribution >= 4 is 29.3 Å². The van der Waals surface area contributed by atoms with E-state index in [1.807, 2.05) is 0 Å². The second kappa shape index (κ2) is 8.01. The van der Waals surface area contributed by atoms with Gasteiger partial charge in [0.1, 0.15) is 17.5 Å². The summed E-state index contributed by atoms with van der Waals surface area (Å²) in [7, 11) is 0. The number of amides is 2. The number of halogens is 3. The number of rotatable bonds is 5. The van der Waals surface area contributed by atoms with Crippen LogP contribution >= 0.6 is 11.8 Å². The number of anilines is 1. The van der Waals surface area contributed by atoms with Crippen LogP contribution < -0.4 is 16.4 Å².